The van der Waals surface area contributed by atoms with Crippen molar-refractivity contribution in [3.8, 4) is 0 Å². The zero-order valence-electron chi connectivity index (χ0n) is 18.4. The standard InChI is InChI=1S/C22H33N3O6/c1-22(2,3)31-20(28)24-25(21(29)30-15-16-7-5-4-6-8-16)18-11-9-17(10-12-18)19(27)23-13-14-26/h4-8,17-18,26H,9-15H2,1-3H3,(H,23,27)(H,24,28). The van der Waals surface area contributed by atoms with Gasteiger partial charge in [-0.25, -0.2) is 20.0 Å². The van der Waals surface area contributed by atoms with Gasteiger partial charge >= 0.3 is 12.2 Å². The summed E-state index contributed by atoms with van der Waals surface area (Å²) in [6.45, 7) is 5.40. The first-order valence-electron chi connectivity index (χ1n) is 10.6. The van der Waals surface area contributed by atoms with Gasteiger partial charge < -0.3 is 19.9 Å². The van der Waals surface area contributed by atoms with Gasteiger partial charge in [-0.1, -0.05) is 30.3 Å². The molecule has 0 bridgehead atoms. The molecular formula is C22H33N3O6. The zero-order valence-corrected chi connectivity index (χ0v) is 18.4. The highest BCUT2D eigenvalue weighted by Gasteiger charge is 2.34. The van der Waals surface area contributed by atoms with Crippen LogP contribution in [0.3, 0.4) is 0 Å². The maximum Gasteiger partial charge on any atom is 0.429 e. The summed E-state index contributed by atoms with van der Waals surface area (Å²) in [5, 5.41) is 12.7. The number of benzene rings is 1. The van der Waals surface area contributed by atoms with Crippen LogP contribution in [-0.4, -0.2) is 53.0 Å². The third kappa shape index (κ3) is 8.45. The van der Waals surface area contributed by atoms with E-state index in [4.69, 9.17) is 14.6 Å². The molecule has 1 aromatic rings. The lowest BCUT2D eigenvalue weighted by molar-refractivity contribution is -0.126. The Morgan fingerprint density at radius 1 is 1.10 bits per heavy atom. The molecule has 1 fully saturated rings. The van der Waals surface area contributed by atoms with Gasteiger partial charge in [0.05, 0.1) is 12.6 Å². The lowest BCUT2D eigenvalue weighted by atomic mass is 9.85. The molecule has 1 aliphatic carbocycles. The van der Waals surface area contributed by atoms with E-state index in [1.807, 2.05) is 30.3 Å². The monoisotopic (exact) mass is 435 g/mol. The number of amides is 3. The Labute approximate surface area is 183 Å². The average molecular weight is 436 g/mol. The highest BCUT2D eigenvalue weighted by atomic mass is 16.6. The molecule has 1 aromatic carbocycles. The molecule has 3 N–H and O–H groups in total. The predicted octanol–water partition coefficient (Wildman–Crippen LogP) is 2.73. The van der Waals surface area contributed by atoms with Crippen molar-refractivity contribution in [1.82, 2.24) is 15.8 Å². The first kappa shape index (κ1) is 24.5. The number of hydrogen-bond acceptors (Lipinski definition) is 6. The van der Waals surface area contributed by atoms with E-state index in [1.165, 1.54) is 5.01 Å². The first-order chi connectivity index (χ1) is 14.7. The van der Waals surface area contributed by atoms with E-state index in [0.717, 1.165) is 5.56 Å². The van der Waals surface area contributed by atoms with Crippen molar-refractivity contribution < 1.29 is 29.0 Å². The van der Waals surface area contributed by atoms with Crippen LogP contribution in [0.4, 0.5) is 9.59 Å². The van der Waals surface area contributed by atoms with Gasteiger partial charge in [0.25, 0.3) is 0 Å². The summed E-state index contributed by atoms with van der Waals surface area (Å²) in [5.41, 5.74) is 2.64. The minimum atomic E-state index is -0.744. The van der Waals surface area contributed by atoms with Gasteiger partial charge in [-0.15, -0.1) is 0 Å². The van der Waals surface area contributed by atoms with Crippen LogP contribution < -0.4 is 10.7 Å². The Bertz CT molecular complexity index is 727. The van der Waals surface area contributed by atoms with Gasteiger partial charge in [0.1, 0.15) is 12.2 Å². The van der Waals surface area contributed by atoms with Crippen molar-refractivity contribution in [3.63, 3.8) is 0 Å². The molecule has 9 nitrogen and oxygen atoms in total. The number of aliphatic hydroxyl groups excluding tert-OH is 1. The molecule has 1 saturated carbocycles. The number of carbonyl (C=O) groups excluding carboxylic acids is 3. The molecule has 0 heterocycles. The Kier molecular flexibility index (Phi) is 9.11. The molecule has 172 valence electrons. The van der Waals surface area contributed by atoms with E-state index < -0.39 is 17.8 Å². The summed E-state index contributed by atoms with van der Waals surface area (Å²) < 4.78 is 10.7. The van der Waals surface area contributed by atoms with E-state index in [9.17, 15) is 14.4 Å². The Balaban J connectivity index is 2.00. The molecular weight excluding hydrogens is 402 g/mol. The molecule has 9 heteroatoms. The summed E-state index contributed by atoms with van der Waals surface area (Å²) in [7, 11) is 0. The van der Waals surface area contributed by atoms with Gasteiger partial charge in [0, 0.05) is 12.5 Å². The SMILES string of the molecule is CC(C)(C)OC(=O)NN(C(=O)OCc1ccccc1)C1CCC(C(=O)NCCO)CC1. The third-order valence-corrected chi connectivity index (χ3v) is 4.86. The third-order valence-electron chi connectivity index (χ3n) is 4.86. The van der Waals surface area contributed by atoms with Gasteiger partial charge in [-0.2, -0.15) is 0 Å². The normalized spacial score (nSPS) is 18.6. The number of aliphatic hydroxyl groups is 1. The van der Waals surface area contributed by atoms with Crippen LogP contribution in [0.5, 0.6) is 0 Å². The fraction of sp³-hybridized carbons (Fsp3) is 0.591. The van der Waals surface area contributed by atoms with E-state index in [2.05, 4.69) is 10.7 Å². The van der Waals surface area contributed by atoms with Crippen LogP contribution in [0.2, 0.25) is 0 Å². The quantitative estimate of drug-likeness (QED) is 0.592. The fourth-order valence-corrected chi connectivity index (χ4v) is 3.39. The lowest BCUT2D eigenvalue weighted by Gasteiger charge is -2.35. The van der Waals surface area contributed by atoms with Crippen LogP contribution in [0.25, 0.3) is 0 Å². The summed E-state index contributed by atoms with van der Waals surface area (Å²) in [4.78, 5) is 37.3. The van der Waals surface area contributed by atoms with Gasteiger partial charge in [0.15, 0.2) is 0 Å². The van der Waals surface area contributed by atoms with Crippen molar-refractivity contribution in [2.24, 2.45) is 5.92 Å². The summed E-state index contributed by atoms with van der Waals surface area (Å²) in [5.74, 6) is -0.294. The molecule has 0 aromatic heterocycles. The minimum Gasteiger partial charge on any atom is -0.443 e. The van der Waals surface area contributed by atoms with E-state index >= 15 is 0 Å². The number of nitrogens with one attached hydrogen (secondary N) is 2. The minimum absolute atomic E-state index is 0.0745. The highest BCUT2D eigenvalue weighted by molar-refractivity contribution is 5.79. The zero-order chi connectivity index (χ0) is 22.9. The fourth-order valence-electron chi connectivity index (χ4n) is 3.39. The lowest BCUT2D eigenvalue weighted by Crippen LogP contribution is -2.54. The van der Waals surface area contributed by atoms with Crippen molar-refractivity contribution in [3.05, 3.63) is 35.9 Å². The molecule has 0 radical (unpaired) electrons. The molecule has 31 heavy (non-hydrogen) atoms. The van der Waals surface area contributed by atoms with E-state index in [-0.39, 0.29) is 37.6 Å². The molecule has 0 saturated heterocycles. The van der Waals surface area contributed by atoms with Crippen molar-refractivity contribution in [2.45, 2.75) is 64.7 Å². The number of hydrogen-bond donors (Lipinski definition) is 3. The maximum atomic E-state index is 12.8. The smallest absolute Gasteiger partial charge is 0.429 e. The number of carbonyl (C=O) groups is 3. The second-order valence-electron chi connectivity index (χ2n) is 8.54. The topological polar surface area (TPSA) is 117 Å². The summed E-state index contributed by atoms with van der Waals surface area (Å²) in [6, 6.07) is 8.94. The van der Waals surface area contributed by atoms with Crippen LogP contribution in [-0.2, 0) is 20.9 Å². The Morgan fingerprint density at radius 3 is 2.32 bits per heavy atom. The Morgan fingerprint density at radius 2 is 1.74 bits per heavy atom. The van der Waals surface area contributed by atoms with Crippen LogP contribution in [0.15, 0.2) is 30.3 Å². The summed E-state index contributed by atoms with van der Waals surface area (Å²) in [6.07, 6.45) is 0.733. The van der Waals surface area contributed by atoms with Crippen LogP contribution >= 0.6 is 0 Å². The maximum absolute atomic E-state index is 12.8. The second kappa shape index (κ2) is 11.5. The van der Waals surface area contributed by atoms with E-state index in [0.29, 0.717) is 25.7 Å². The molecule has 0 spiro atoms. The molecule has 0 unspecified atom stereocenters. The second-order valence-corrected chi connectivity index (χ2v) is 8.54. The first-order valence-corrected chi connectivity index (χ1v) is 10.6. The number of rotatable bonds is 6. The highest BCUT2D eigenvalue weighted by Crippen LogP contribution is 2.28. The number of hydrazine groups is 1. The largest absolute Gasteiger partial charge is 0.443 e. The van der Waals surface area contributed by atoms with Crippen LogP contribution in [0, 0.1) is 5.92 Å². The van der Waals surface area contributed by atoms with Crippen LogP contribution in [0.1, 0.15) is 52.0 Å². The Hall–Kier alpha value is -2.81. The number of nitrogens with zero attached hydrogens (tertiary/aromatic N) is 1. The van der Waals surface area contributed by atoms with E-state index in [1.54, 1.807) is 20.8 Å². The predicted molar refractivity (Wildman–Crippen MR) is 114 cm³/mol. The van der Waals surface area contributed by atoms with Gasteiger partial charge in [0.2, 0.25) is 5.91 Å². The van der Waals surface area contributed by atoms with Crippen molar-refractivity contribution in [1.29, 1.82) is 0 Å². The molecule has 1 aliphatic rings. The van der Waals surface area contributed by atoms with Gasteiger partial charge in [-0.05, 0) is 52.0 Å². The molecule has 3 amide bonds. The summed E-state index contributed by atoms with van der Waals surface area (Å²) >= 11 is 0. The van der Waals surface area contributed by atoms with Crippen molar-refractivity contribution >= 4 is 18.1 Å². The molecule has 0 aliphatic heterocycles. The van der Waals surface area contributed by atoms with Crippen molar-refractivity contribution in [2.75, 3.05) is 13.2 Å². The molecule has 0 atom stereocenters. The number of ether oxygens (including phenoxy) is 2. The molecule has 2 rings (SSSR count). The van der Waals surface area contributed by atoms with Gasteiger partial charge in [-0.3, -0.25) is 4.79 Å². The average Bonchev–Trinajstić information content (AvgIpc) is 2.74.